The zero-order valence-electron chi connectivity index (χ0n) is 19.8. The summed E-state index contributed by atoms with van der Waals surface area (Å²) in [4.78, 5) is 13.2. The van der Waals surface area contributed by atoms with E-state index in [0.717, 1.165) is 28.1 Å². The number of nitriles is 2. The van der Waals surface area contributed by atoms with Gasteiger partial charge in [-0.1, -0.05) is 6.07 Å². The molecule has 2 aromatic heterocycles. The molecule has 3 N–H and O–H groups in total. The largest absolute Gasteiger partial charge is 0.383 e. The zero-order valence-corrected chi connectivity index (χ0v) is 19.8. The zero-order chi connectivity index (χ0) is 25.5. The number of pyridine rings is 1. The number of aliphatic hydroxyl groups excluding tert-OH is 1. The minimum atomic E-state index is -0.997. The summed E-state index contributed by atoms with van der Waals surface area (Å²) in [6, 6.07) is 18.5. The van der Waals surface area contributed by atoms with Crippen molar-refractivity contribution in [3.8, 4) is 12.1 Å². The lowest BCUT2D eigenvalue weighted by molar-refractivity contribution is 0.220. The molecule has 0 aliphatic rings. The third-order valence-electron chi connectivity index (χ3n) is 5.53. The number of nitrogens with zero attached hydrogens (tertiary/aromatic N) is 5. The fourth-order valence-electron chi connectivity index (χ4n) is 3.77. The summed E-state index contributed by atoms with van der Waals surface area (Å²) in [7, 11) is 0. The minimum Gasteiger partial charge on any atom is -0.383 e. The van der Waals surface area contributed by atoms with E-state index in [-0.39, 0.29) is 0 Å². The first-order valence-corrected chi connectivity index (χ1v) is 11.1. The number of aliphatic hydroxyl groups is 1. The van der Waals surface area contributed by atoms with Crippen LogP contribution in [-0.4, -0.2) is 20.1 Å². The Morgan fingerprint density at radius 3 is 2.39 bits per heavy atom. The predicted octanol–water partition coefficient (Wildman–Crippen LogP) is 5.47. The molecule has 4 rings (SSSR count). The van der Waals surface area contributed by atoms with E-state index in [1.807, 2.05) is 32.0 Å². The molecule has 8 nitrogen and oxygen atoms in total. The molecule has 0 amide bonds. The summed E-state index contributed by atoms with van der Waals surface area (Å²) in [5.74, 6) is 0.761. The summed E-state index contributed by atoms with van der Waals surface area (Å²) < 4.78 is 0. The average molecular weight is 474 g/mol. The Labute approximate surface area is 209 Å². The first-order chi connectivity index (χ1) is 17.5. The van der Waals surface area contributed by atoms with Crippen molar-refractivity contribution in [1.29, 1.82) is 10.5 Å². The lowest BCUT2D eigenvalue weighted by atomic mass is 10.0. The van der Waals surface area contributed by atoms with Crippen molar-refractivity contribution in [3.05, 3.63) is 107 Å². The Hall–Kier alpha value is -5.05. The first-order valence-electron chi connectivity index (χ1n) is 11.1. The van der Waals surface area contributed by atoms with Gasteiger partial charge < -0.3 is 15.7 Å². The second-order valence-electron chi connectivity index (χ2n) is 8.12. The Bertz CT molecular complexity index is 1460. The number of aryl methyl sites for hydroxylation is 2. The van der Waals surface area contributed by atoms with Crippen molar-refractivity contribution in [1.82, 2.24) is 15.0 Å². The molecule has 0 saturated heterocycles. The molecule has 8 heteroatoms. The summed E-state index contributed by atoms with van der Waals surface area (Å²) in [6.07, 6.45) is 7.02. The normalized spacial score (nSPS) is 11.5. The van der Waals surface area contributed by atoms with Gasteiger partial charge in [0, 0.05) is 47.2 Å². The average Bonchev–Trinajstić information content (AvgIpc) is 2.90. The van der Waals surface area contributed by atoms with E-state index >= 15 is 0 Å². The van der Waals surface area contributed by atoms with Crippen LogP contribution in [0.4, 0.5) is 23.1 Å². The van der Waals surface area contributed by atoms with Crippen LogP contribution in [-0.2, 0) is 0 Å². The molecule has 4 aromatic rings. The Morgan fingerprint density at radius 2 is 1.75 bits per heavy atom. The van der Waals surface area contributed by atoms with E-state index in [1.165, 1.54) is 6.08 Å². The lowest BCUT2D eigenvalue weighted by Crippen LogP contribution is -2.10. The van der Waals surface area contributed by atoms with Gasteiger partial charge >= 0.3 is 0 Å². The highest BCUT2D eigenvalue weighted by Gasteiger charge is 2.19. The van der Waals surface area contributed by atoms with Gasteiger partial charge in [-0.15, -0.1) is 0 Å². The lowest BCUT2D eigenvalue weighted by Gasteiger charge is -2.19. The van der Waals surface area contributed by atoms with Crippen LogP contribution in [0.1, 0.15) is 39.5 Å². The Morgan fingerprint density at radius 1 is 1.00 bits per heavy atom. The monoisotopic (exact) mass is 473 g/mol. The summed E-state index contributed by atoms with van der Waals surface area (Å²) in [5, 5.41) is 35.5. The number of allylic oxidation sites excluding steroid dienone is 1. The van der Waals surface area contributed by atoms with Crippen LogP contribution in [0.2, 0.25) is 0 Å². The van der Waals surface area contributed by atoms with Gasteiger partial charge in [0.25, 0.3) is 0 Å². The van der Waals surface area contributed by atoms with Crippen molar-refractivity contribution in [2.24, 2.45) is 0 Å². The quantitative estimate of drug-likeness (QED) is 0.301. The molecule has 0 aliphatic carbocycles. The van der Waals surface area contributed by atoms with E-state index in [9.17, 15) is 5.11 Å². The van der Waals surface area contributed by atoms with Gasteiger partial charge in [0.2, 0.25) is 5.95 Å². The smallest absolute Gasteiger partial charge is 0.229 e. The molecular weight excluding hydrogens is 450 g/mol. The number of aromatic nitrogens is 3. The molecule has 2 aromatic carbocycles. The van der Waals surface area contributed by atoms with E-state index in [2.05, 4.69) is 31.7 Å². The van der Waals surface area contributed by atoms with Crippen molar-refractivity contribution in [2.75, 3.05) is 10.6 Å². The molecule has 0 aliphatic heterocycles. The van der Waals surface area contributed by atoms with Gasteiger partial charge in [0.1, 0.15) is 11.9 Å². The van der Waals surface area contributed by atoms with E-state index in [4.69, 9.17) is 10.5 Å². The molecule has 1 unspecified atom stereocenters. The molecule has 1 atom stereocenters. The number of anilines is 4. The standard InChI is InChI=1S/C28H23N7O/c1-18-13-21(5-3-11-29)14-19(2)25(18)34-27-24(26(36)22-6-4-12-31-16-22)17-32-28(35-27)33-23-9-7-20(15-30)8-10-23/h3-10,12-14,16-17,26,36H,1-2H3,(H2,32,33,34,35)/b5-3+. The SMILES string of the molecule is Cc1cc(/C=C/C#N)cc(C)c1Nc1nc(Nc2ccc(C#N)cc2)ncc1C(O)c1cccnc1. The van der Waals surface area contributed by atoms with E-state index in [0.29, 0.717) is 28.5 Å². The van der Waals surface area contributed by atoms with Gasteiger partial charge in [-0.05, 0) is 79.1 Å². The Kier molecular flexibility index (Phi) is 7.30. The molecule has 0 fully saturated rings. The highest BCUT2D eigenvalue weighted by molar-refractivity contribution is 5.71. The number of rotatable bonds is 7. The molecule has 0 bridgehead atoms. The topological polar surface area (TPSA) is 131 Å². The van der Waals surface area contributed by atoms with Crippen LogP contribution in [0, 0.1) is 36.5 Å². The second-order valence-corrected chi connectivity index (χ2v) is 8.12. The summed E-state index contributed by atoms with van der Waals surface area (Å²) in [5.41, 5.74) is 6.04. The van der Waals surface area contributed by atoms with E-state index in [1.54, 1.807) is 61.1 Å². The Balaban J connectivity index is 1.73. The third kappa shape index (κ3) is 5.53. The fraction of sp³-hybridized carbons (Fsp3) is 0.107. The minimum absolute atomic E-state index is 0.327. The van der Waals surface area contributed by atoms with Crippen LogP contribution in [0.15, 0.2) is 73.2 Å². The van der Waals surface area contributed by atoms with Crippen molar-refractivity contribution >= 4 is 29.2 Å². The van der Waals surface area contributed by atoms with Crippen molar-refractivity contribution in [2.45, 2.75) is 20.0 Å². The fourth-order valence-corrected chi connectivity index (χ4v) is 3.77. The molecule has 2 heterocycles. The number of benzene rings is 2. The molecular formula is C28H23N7O. The number of nitrogens with one attached hydrogen (secondary N) is 2. The maximum absolute atomic E-state index is 11.1. The third-order valence-corrected chi connectivity index (χ3v) is 5.53. The van der Waals surface area contributed by atoms with Gasteiger partial charge in [-0.25, -0.2) is 4.98 Å². The van der Waals surface area contributed by atoms with Crippen LogP contribution >= 0.6 is 0 Å². The predicted molar refractivity (Wildman–Crippen MR) is 139 cm³/mol. The van der Waals surface area contributed by atoms with Crippen molar-refractivity contribution < 1.29 is 5.11 Å². The first kappa shape index (κ1) is 24.1. The maximum Gasteiger partial charge on any atom is 0.229 e. The van der Waals surface area contributed by atoms with Gasteiger partial charge in [0.05, 0.1) is 17.7 Å². The molecule has 176 valence electrons. The second kappa shape index (κ2) is 10.9. The van der Waals surface area contributed by atoms with Crippen LogP contribution in [0.25, 0.3) is 6.08 Å². The van der Waals surface area contributed by atoms with Gasteiger partial charge in [-0.2, -0.15) is 15.5 Å². The van der Waals surface area contributed by atoms with Gasteiger partial charge in [0.15, 0.2) is 0 Å². The molecule has 0 radical (unpaired) electrons. The number of hydrogen-bond donors (Lipinski definition) is 3. The van der Waals surface area contributed by atoms with Crippen molar-refractivity contribution in [3.63, 3.8) is 0 Å². The summed E-state index contributed by atoms with van der Waals surface area (Å²) >= 11 is 0. The summed E-state index contributed by atoms with van der Waals surface area (Å²) in [6.45, 7) is 3.93. The van der Waals surface area contributed by atoms with Crippen LogP contribution in [0.5, 0.6) is 0 Å². The van der Waals surface area contributed by atoms with Crippen LogP contribution < -0.4 is 10.6 Å². The number of hydrogen-bond acceptors (Lipinski definition) is 8. The highest BCUT2D eigenvalue weighted by atomic mass is 16.3. The highest BCUT2D eigenvalue weighted by Crippen LogP contribution is 2.32. The van der Waals surface area contributed by atoms with Gasteiger partial charge in [-0.3, -0.25) is 4.98 Å². The molecule has 36 heavy (non-hydrogen) atoms. The van der Waals surface area contributed by atoms with Crippen LogP contribution in [0.3, 0.4) is 0 Å². The molecule has 0 saturated carbocycles. The maximum atomic E-state index is 11.1. The molecule has 0 spiro atoms. The van der Waals surface area contributed by atoms with E-state index < -0.39 is 6.10 Å².